The second-order valence-electron chi connectivity index (χ2n) is 7.83. The molecule has 1 saturated carbocycles. The molecule has 3 rings (SSSR count). The summed E-state index contributed by atoms with van der Waals surface area (Å²) in [6, 6.07) is 0.420. The van der Waals surface area contributed by atoms with Crippen molar-refractivity contribution in [1.29, 1.82) is 0 Å². The molecule has 0 bridgehead atoms. The van der Waals surface area contributed by atoms with Crippen LogP contribution in [0.1, 0.15) is 76.2 Å². The zero-order chi connectivity index (χ0) is 15.7. The Morgan fingerprint density at radius 1 is 1.14 bits per heavy atom. The van der Waals surface area contributed by atoms with E-state index in [2.05, 4.69) is 36.0 Å². The lowest BCUT2D eigenvalue weighted by Crippen LogP contribution is -2.45. The Morgan fingerprint density at radius 2 is 1.82 bits per heavy atom. The number of aromatic nitrogens is 3. The van der Waals surface area contributed by atoms with Crippen LogP contribution in [0, 0.1) is 5.92 Å². The van der Waals surface area contributed by atoms with Crippen LogP contribution < -0.4 is 0 Å². The summed E-state index contributed by atoms with van der Waals surface area (Å²) in [5.41, 5.74) is 0.360. The van der Waals surface area contributed by atoms with E-state index in [4.69, 9.17) is 0 Å². The molecular formula is C17H28N4O. The molecule has 2 heterocycles. The largest absolute Gasteiger partial charge is 0.334 e. The highest BCUT2D eigenvalue weighted by Gasteiger charge is 2.35. The predicted octanol–water partition coefficient (Wildman–Crippen LogP) is 3.22. The first-order chi connectivity index (χ1) is 10.5. The molecule has 5 heteroatoms. The van der Waals surface area contributed by atoms with Gasteiger partial charge in [0.25, 0.3) is 5.91 Å². The molecule has 1 saturated heterocycles. The summed E-state index contributed by atoms with van der Waals surface area (Å²) in [6.07, 6.45) is 10.5. The molecule has 0 aromatic carbocycles. The fourth-order valence-corrected chi connectivity index (χ4v) is 3.88. The van der Waals surface area contributed by atoms with Gasteiger partial charge in [0.15, 0.2) is 5.69 Å². The van der Waals surface area contributed by atoms with Crippen LogP contribution in [0.5, 0.6) is 0 Å². The maximum atomic E-state index is 13.0. The number of hydrogen-bond acceptors (Lipinski definition) is 3. The summed E-state index contributed by atoms with van der Waals surface area (Å²) in [5.74, 6) is 0.771. The third kappa shape index (κ3) is 3.03. The van der Waals surface area contributed by atoms with Gasteiger partial charge in [0.05, 0.1) is 11.7 Å². The summed E-state index contributed by atoms with van der Waals surface area (Å²) < 4.78 is 1.79. The van der Waals surface area contributed by atoms with Gasteiger partial charge in [-0.15, -0.1) is 5.10 Å². The van der Waals surface area contributed by atoms with E-state index in [0.29, 0.717) is 17.7 Å². The summed E-state index contributed by atoms with van der Waals surface area (Å²) in [6.45, 7) is 7.08. The van der Waals surface area contributed by atoms with Crippen LogP contribution in [0.4, 0.5) is 0 Å². The van der Waals surface area contributed by atoms with Crippen molar-refractivity contribution >= 4 is 5.91 Å². The standard InChI is InChI=1S/C17H28N4O/c1-17(2,3)21-12-14(18-19-21)16(22)20-11-7-6-9-13-8-4-5-10-15(13)20/h12-13,15H,4-11H2,1-3H3/t13-,15+/m1/s1. The van der Waals surface area contributed by atoms with Gasteiger partial charge in [0, 0.05) is 12.6 Å². The van der Waals surface area contributed by atoms with Crippen molar-refractivity contribution in [2.45, 2.75) is 77.3 Å². The number of carbonyl (C=O) groups is 1. The molecule has 1 aliphatic heterocycles. The molecule has 0 radical (unpaired) electrons. The van der Waals surface area contributed by atoms with E-state index < -0.39 is 0 Å². The van der Waals surface area contributed by atoms with E-state index >= 15 is 0 Å². The molecule has 22 heavy (non-hydrogen) atoms. The quantitative estimate of drug-likeness (QED) is 0.800. The molecule has 1 aromatic heterocycles. The Morgan fingerprint density at radius 3 is 2.50 bits per heavy atom. The number of nitrogens with zero attached hydrogens (tertiary/aromatic N) is 4. The topological polar surface area (TPSA) is 51.0 Å². The molecule has 122 valence electrons. The number of hydrogen-bond donors (Lipinski definition) is 0. The predicted molar refractivity (Wildman–Crippen MR) is 85.7 cm³/mol. The number of carbonyl (C=O) groups excluding carboxylic acids is 1. The van der Waals surface area contributed by atoms with Crippen molar-refractivity contribution in [2.24, 2.45) is 5.92 Å². The Labute approximate surface area is 133 Å². The van der Waals surface area contributed by atoms with Crippen molar-refractivity contribution in [3.63, 3.8) is 0 Å². The molecule has 1 aromatic rings. The zero-order valence-electron chi connectivity index (χ0n) is 14.1. The lowest BCUT2D eigenvalue weighted by Gasteiger charge is -2.37. The maximum Gasteiger partial charge on any atom is 0.276 e. The molecule has 0 N–H and O–H groups in total. The van der Waals surface area contributed by atoms with E-state index in [0.717, 1.165) is 19.4 Å². The average Bonchev–Trinajstić information content (AvgIpc) is 2.88. The van der Waals surface area contributed by atoms with Gasteiger partial charge in [0.2, 0.25) is 0 Å². The van der Waals surface area contributed by atoms with Gasteiger partial charge in [0.1, 0.15) is 0 Å². The summed E-state index contributed by atoms with van der Waals surface area (Å²) in [4.78, 5) is 15.1. The maximum absolute atomic E-state index is 13.0. The van der Waals surface area contributed by atoms with Crippen molar-refractivity contribution in [1.82, 2.24) is 19.9 Å². The third-order valence-electron chi connectivity index (χ3n) is 5.15. The van der Waals surface area contributed by atoms with Gasteiger partial charge in [-0.25, -0.2) is 4.68 Å². The van der Waals surface area contributed by atoms with Crippen LogP contribution >= 0.6 is 0 Å². The van der Waals surface area contributed by atoms with Crippen molar-refractivity contribution in [3.8, 4) is 0 Å². The fraction of sp³-hybridized carbons (Fsp3) is 0.824. The van der Waals surface area contributed by atoms with Crippen molar-refractivity contribution in [2.75, 3.05) is 6.54 Å². The van der Waals surface area contributed by atoms with Crippen molar-refractivity contribution < 1.29 is 4.79 Å². The first-order valence-electron chi connectivity index (χ1n) is 8.70. The van der Waals surface area contributed by atoms with Crippen LogP contribution in [0.15, 0.2) is 6.20 Å². The zero-order valence-corrected chi connectivity index (χ0v) is 14.1. The number of likely N-dealkylation sites (tertiary alicyclic amines) is 1. The van der Waals surface area contributed by atoms with Gasteiger partial charge in [-0.1, -0.05) is 24.5 Å². The average molecular weight is 304 g/mol. The second kappa shape index (κ2) is 6.01. The molecule has 0 unspecified atom stereocenters. The van der Waals surface area contributed by atoms with Crippen LogP contribution in [0.3, 0.4) is 0 Å². The fourth-order valence-electron chi connectivity index (χ4n) is 3.88. The van der Waals surface area contributed by atoms with Crippen LogP contribution in [-0.4, -0.2) is 38.4 Å². The molecule has 0 spiro atoms. The Bertz CT molecular complexity index is 531. The third-order valence-corrected chi connectivity index (χ3v) is 5.15. The molecule has 2 fully saturated rings. The van der Waals surface area contributed by atoms with Gasteiger partial charge >= 0.3 is 0 Å². The van der Waals surface area contributed by atoms with Gasteiger partial charge in [-0.3, -0.25) is 4.79 Å². The van der Waals surface area contributed by atoms with E-state index in [1.54, 1.807) is 4.68 Å². The molecule has 2 atom stereocenters. The minimum atomic E-state index is -0.141. The number of amides is 1. The minimum absolute atomic E-state index is 0.0781. The van der Waals surface area contributed by atoms with Gasteiger partial charge in [-0.2, -0.15) is 0 Å². The number of fused-ring (bicyclic) bond motifs is 1. The summed E-state index contributed by atoms with van der Waals surface area (Å²) in [7, 11) is 0. The van der Waals surface area contributed by atoms with Crippen LogP contribution in [-0.2, 0) is 5.54 Å². The molecule has 2 aliphatic rings. The first-order valence-corrected chi connectivity index (χ1v) is 8.70. The Balaban J connectivity index is 1.81. The van der Waals surface area contributed by atoms with Crippen LogP contribution in [0.2, 0.25) is 0 Å². The SMILES string of the molecule is CC(C)(C)n1cc(C(=O)N2CCCC[C@H]3CCCC[C@@H]32)nn1. The van der Waals surface area contributed by atoms with E-state index in [1.807, 2.05) is 6.20 Å². The Kier molecular flexibility index (Phi) is 4.24. The lowest BCUT2D eigenvalue weighted by molar-refractivity contribution is 0.0563. The molecular weight excluding hydrogens is 276 g/mol. The Hall–Kier alpha value is -1.39. The summed E-state index contributed by atoms with van der Waals surface area (Å²) in [5, 5.41) is 8.30. The van der Waals surface area contributed by atoms with Gasteiger partial charge in [-0.05, 0) is 52.4 Å². The molecule has 5 nitrogen and oxygen atoms in total. The highest BCUT2D eigenvalue weighted by molar-refractivity contribution is 5.92. The van der Waals surface area contributed by atoms with Crippen molar-refractivity contribution in [3.05, 3.63) is 11.9 Å². The highest BCUT2D eigenvalue weighted by Crippen LogP contribution is 2.35. The lowest BCUT2D eigenvalue weighted by atomic mass is 9.81. The molecule has 1 aliphatic carbocycles. The highest BCUT2D eigenvalue weighted by atomic mass is 16.2. The first kappa shape index (κ1) is 15.5. The van der Waals surface area contributed by atoms with E-state index in [-0.39, 0.29) is 11.4 Å². The minimum Gasteiger partial charge on any atom is -0.334 e. The van der Waals surface area contributed by atoms with E-state index in [1.165, 1.54) is 32.1 Å². The number of rotatable bonds is 1. The monoisotopic (exact) mass is 304 g/mol. The smallest absolute Gasteiger partial charge is 0.276 e. The summed E-state index contributed by atoms with van der Waals surface area (Å²) >= 11 is 0. The molecule has 1 amide bonds. The van der Waals surface area contributed by atoms with Gasteiger partial charge < -0.3 is 4.90 Å². The van der Waals surface area contributed by atoms with Crippen LogP contribution in [0.25, 0.3) is 0 Å². The van der Waals surface area contributed by atoms with E-state index in [9.17, 15) is 4.79 Å². The normalized spacial score (nSPS) is 26.4. The second-order valence-corrected chi connectivity index (χ2v) is 7.83.